The normalized spacial score (nSPS) is 19.1. The van der Waals surface area contributed by atoms with Crippen LogP contribution in [-0.2, 0) is 0 Å². The first-order valence-corrected chi connectivity index (χ1v) is 7.04. The predicted molar refractivity (Wildman–Crippen MR) is 71.6 cm³/mol. The summed E-state index contributed by atoms with van der Waals surface area (Å²) in [5.74, 6) is 0.0580. The van der Waals surface area contributed by atoms with Crippen molar-refractivity contribution in [2.75, 3.05) is 6.54 Å². The summed E-state index contributed by atoms with van der Waals surface area (Å²) in [6.45, 7) is 0.829. The first-order valence-electron chi connectivity index (χ1n) is 6.10. The van der Waals surface area contributed by atoms with Crippen molar-refractivity contribution in [2.24, 2.45) is 0 Å². The molecule has 92 valence electrons. The maximum Gasteiger partial charge on any atom is 0.273 e. The monoisotopic (exact) mass is 258 g/mol. The summed E-state index contributed by atoms with van der Waals surface area (Å²) < 4.78 is 0. The Morgan fingerprint density at radius 2 is 2.17 bits per heavy atom. The van der Waals surface area contributed by atoms with Crippen LogP contribution in [0.15, 0.2) is 41.2 Å². The van der Waals surface area contributed by atoms with Gasteiger partial charge in [-0.1, -0.05) is 30.3 Å². The number of aromatic nitrogens is 1. The number of benzene rings is 1. The number of nitrogens with zero attached hydrogens (tertiary/aromatic N) is 2. The van der Waals surface area contributed by atoms with Gasteiger partial charge in [0.1, 0.15) is 5.69 Å². The Hall–Kier alpha value is -1.68. The van der Waals surface area contributed by atoms with Crippen molar-refractivity contribution in [3.8, 4) is 0 Å². The van der Waals surface area contributed by atoms with Crippen molar-refractivity contribution in [3.05, 3.63) is 52.5 Å². The molecule has 0 spiro atoms. The van der Waals surface area contributed by atoms with Crippen LogP contribution in [-0.4, -0.2) is 22.3 Å². The Kier molecular flexibility index (Phi) is 3.11. The van der Waals surface area contributed by atoms with E-state index in [2.05, 4.69) is 17.1 Å². The molecule has 2 aromatic rings. The third-order valence-corrected chi connectivity index (χ3v) is 3.94. The van der Waals surface area contributed by atoms with Crippen LogP contribution in [0.2, 0.25) is 0 Å². The van der Waals surface area contributed by atoms with Crippen LogP contribution in [0, 0.1) is 0 Å². The topological polar surface area (TPSA) is 33.2 Å². The number of hydrogen-bond donors (Lipinski definition) is 0. The zero-order valence-corrected chi connectivity index (χ0v) is 10.8. The molecule has 2 heterocycles. The van der Waals surface area contributed by atoms with Gasteiger partial charge in [-0.2, -0.15) is 0 Å². The van der Waals surface area contributed by atoms with Crippen LogP contribution >= 0.6 is 11.3 Å². The molecule has 1 atom stereocenters. The number of thiazole rings is 1. The highest BCUT2D eigenvalue weighted by molar-refractivity contribution is 7.07. The Labute approximate surface area is 110 Å². The molecule has 1 aliphatic rings. The van der Waals surface area contributed by atoms with Crippen molar-refractivity contribution < 1.29 is 4.79 Å². The number of amides is 1. The van der Waals surface area contributed by atoms with Crippen LogP contribution in [0.3, 0.4) is 0 Å². The Morgan fingerprint density at radius 3 is 2.89 bits per heavy atom. The molecule has 3 rings (SSSR count). The Bertz CT molecular complexity index is 524. The van der Waals surface area contributed by atoms with E-state index in [1.165, 1.54) is 16.9 Å². The van der Waals surface area contributed by atoms with Gasteiger partial charge in [-0.3, -0.25) is 4.79 Å². The van der Waals surface area contributed by atoms with Gasteiger partial charge in [-0.25, -0.2) is 4.98 Å². The maximum absolute atomic E-state index is 12.4. The average molecular weight is 258 g/mol. The third-order valence-electron chi connectivity index (χ3n) is 3.35. The first-order chi connectivity index (χ1) is 8.86. The molecule has 1 unspecified atom stereocenters. The highest BCUT2D eigenvalue weighted by Gasteiger charge is 2.31. The number of likely N-dealkylation sites (tertiary alicyclic amines) is 1. The summed E-state index contributed by atoms with van der Waals surface area (Å²) in [5.41, 5.74) is 3.50. The second kappa shape index (κ2) is 4.90. The van der Waals surface area contributed by atoms with E-state index in [0.717, 1.165) is 19.4 Å². The van der Waals surface area contributed by atoms with Gasteiger partial charge in [0.25, 0.3) is 5.91 Å². The van der Waals surface area contributed by atoms with Crippen LogP contribution in [0.4, 0.5) is 0 Å². The molecule has 1 aliphatic heterocycles. The minimum Gasteiger partial charge on any atom is -0.330 e. The molecule has 1 aromatic heterocycles. The summed E-state index contributed by atoms with van der Waals surface area (Å²) in [7, 11) is 0. The number of rotatable bonds is 2. The predicted octanol–water partition coefficient (Wildman–Crippen LogP) is 3.12. The third kappa shape index (κ3) is 2.04. The van der Waals surface area contributed by atoms with Gasteiger partial charge < -0.3 is 4.90 Å². The molecule has 3 nitrogen and oxygen atoms in total. The summed E-state index contributed by atoms with van der Waals surface area (Å²) in [6, 6.07) is 10.5. The quantitative estimate of drug-likeness (QED) is 0.829. The molecule has 1 saturated heterocycles. The van der Waals surface area contributed by atoms with Crippen molar-refractivity contribution in [3.63, 3.8) is 0 Å². The van der Waals surface area contributed by atoms with E-state index in [4.69, 9.17) is 0 Å². The van der Waals surface area contributed by atoms with E-state index in [1.807, 2.05) is 28.5 Å². The lowest BCUT2D eigenvalue weighted by atomic mass is 10.0. The first kappa shape index (κ1) is 11.4. The van der Waals surface area contributed by atoms with Gasteiger partial charge in [-0.15, -0.1) is 11.3 Å². The minimum atomic E-state index is 0.0580. The van der Waals surface area contributed by atoms with Crippen LogP contribution in [0.1, 0.15) is 34.9 Å². The lowest BCUT2D eigenvalue weighted by Gasteiger charge is -2.24. The van der Waals surface area contributed by atoms with E-state index in [-0.39, 0.29) is 11.9 Å². The molecular formula is C14H14N2OS. The molecule has 0 aliphatic carbocycles. The second-order valence-electron chi connectivity index (χ2n) is 4.44. The molecular weight excluding hydrogens is 244 g/mol. The molecule has 0 radical (unpaired) electrons. The van der Waals surface area contributed by atoms with Gasteiger partial charge in [-0.05, 0) is 18.4 Å². The van der Waals surface area contributed by atoms with Gasteiger partial charge in [0, 0.05) is 11.9 Å². The lowest BCUT2D eigenvalue weighted by molar-refractivity contribution is 0.0730. The Morgan fingerprint density at radius 1 is 1.33 bits per heavy atom. The number of carbonyl (C=O) groups excluding carboxylic acids is 1. The van der Waals surface area contributed by atoms with Crippen LogP contribution in [0.25, 0.3) is 0 Å². The molecule has 4 heteroatoms. The number of carbonyl (C=O) groups is 1. The van der Waals surface area contributed by atoms with Crippen LogP contribution < -0.4 is 0 Å². The second-order valence-corrected chi connectivity index (χ2v) is 5.16. The van der Waals surface area contributed by atoms with Gasteiger partial charge >= 0.3 is 0 Å². The largest absolute Gasteiger partial charge is 0.330 e. The lowest BCUT2D eigenvalue weighted by Crippen LogP contribution is -2.30. The molecule has 18 heavy (non-hydrogen) atoms. The van der Waals surface area contributed by atoms with Crippen molar-refractivity contribution in [1.29, 1.82) is 0 Å². The fraction of sp³-hybridized carbons (Fsp3) is 0.286. The molecule has 1 amide bonds. The zero-order valence-electron chi connectivity index (χ0n) is 9.95. The number of hydrogen-bond acceptors (Lipinski definition) is 3. The van der Waals surface area contributed by atoms with E-state index < -0.39 is 0 Å². The van der Waals surface area contributed by atoms with Gasteiger partial charge in [0.05, 0.1) is 11.6 Å². The summed E-state index contributed by atoms with van der Waals surface area (Å²) in [4.78, 5) is 18.4. The van der Waals surface area contributed by atoms with E-state index in [9.17, 15) is 4.79 Å². The standard InChI is InChI=1S/C14H14N2OS/c17-14(12-9-18-10-15-12)16-8-4-7-13(16)11-5-2-1-3-6-11/h1-3,5-6,9-10,13H,4,7-8H2. The fourth-order valence-electron chi connectivity index (χ4n) is 2.50. The maximum atomic E-state index is 12.4. The molecule has 0 bridgehead atoms. The zero-order chi connectivity index (χ0) is 12.4. The smallest absolute Gasteiger partial charge is 0.273 e. The SMILES string of the molecule is O=C(c1cscn1)N1CCCC1c1ccccc1. The Balaban J connectivity index is 1.86. The molecule has 0 N–H and O–H groups in total. The molecule has 1 aromatic carbocycles. The van der Waals surface area contributed by atoms with Gasteiger partial charge in [0.15, 0.2) is 0 Å². The highest BCUT2D eigenvalue weighted by Crippen LogP contribution is 2.32. The minimum absolute atomic E-state index is 0.0580. The van der Waals surface area contributed by atoms with Gasteiger partial charge in [0.2, 0.25) is 0 Å². The summed E-state index contributed by atoms with van der Waals surface area (Å²) in [6.07, 6.45) is 2.11. The van der Waals surface area contributed by atoms with Crippen molar-refractivity contribution >= 4 is 17.2 Å². The van der Waals surface area contributed by atoms with Crippen molar-refractivity contribution in [2.45, 2.75) is 18.9 Å². The highest BCUT2D eigenvalue weighted by atomic mass is 32.1. The average Bonchev–Trinajstić information content (AvgIpc) is 3.10. The summed E-state index contributed by atoms with van der Waals surface area (Å²) in [5, 5.41) is 1.82. The van der Waals surface area contributed by atoms with Crippen LogP contribution in [0.5, 0.6) is 0 Å². The van der Waals surface area contributed by atoms with E-state index in [1.54, 1.807) is 5.51 Å². The fourth-order valence-corrected chi connectivity index (χ4v) is 3.02. The van der Waals surface area contributed by atoms with Crippen molar-refractivity contribution in [1.82, 2.24) is 9.88 Å². The molecule has 1 fully saturated rings. The molecule has 0 saturated carbocycles. The summed E-state index contributed by atoms with van der Waals surface area (Å²) >= 11 is 1.47. The van der Waals surface area contributed by atoms with E-state index >= 15 is 0 Å². The van der Waals surface area contributed by atoms with E-state index in [0.29, 0.717) is 5.69 Å².